The van der Waals surface area contributed by atoms with E-state index in [2.05, 4.69) is 28.2 Å². The van der Waals surface area contributed by atoms with Crippen molar-refractivity contribution in [1.29, 1.82) is 0 Å². The van der Waals surface area contributed by atoms with Crippen LogP contribution in [-0.2, 0) is 14.3 Å². The highest BCUT2D eigenvalue weighted by Gasteiger charge is 2.08. The average molecular weight is 455 g/mol. The zero-order valence-electron chi connectivity index (χ0n) is 19.4. The van der Waals surface area contributed by atoms with Crippen LogP contribution in [0, 0.1) is 0 Å². The van der Waals surface area contributed by atoms with Gasteiger partial charge in [0.2, 0.25) is 11.8 Å². The highest BCUT2D eigenvalue weighted by atomic mass is 16.5. The molecule has 0 aliphatic carbocycles. The molecule has 178 valence electrons. The molecule has 0 atom stereocenters. The number of amides is 3. The highest BCUT2D eigenvalue weighted by molar-refractivity contribution is 5.97. The SMILES string of the molecule is CCCCCC(=O)Nc1cccc(NC(=O)CNc2cccc(C(=O)NCCCOC)c2)c1. The average Bonchev–Trinajstić information content (AvgIpc) is 2.81. The van der Waals surface area contributed by atoms with Crippen LogP contribution in [0.1, 0.15) is 49.4 Å². The van der Waals surface area contributed by atoms with Gasteiger partial charge in [-0.15, -0.1) is 0 Å². The fourth-order valence-corrected chi connectivity index (χ4v) is 3.11. The second kappa shape index (κ2) is 14.6. The van der Waals surface area contributed by atoms with Gasteiger partial charge < -0.3 is 26.0 Å². The minimum Gasteiger partial charge on any atom is -0.385 e. The van der Waals surface area contributed by atoms with Crippen molar-refractivity contribution in [2.75, 3.05) is 42.8 Å². The van der Waals surface area contributed by atoms with Gasteiger partial charge in [-0.2, -0.15) is 0 Å². The first-order valence-electron chi connectivity index (χ1n) is 11.3. The Morgan fingerprint density at radius 3 is 2.27 bits per heavy atom. The lowest BCUT2D eigenvalue weighted by atomic mass is 10.2. The number of unbranched alkanes of at least 4 members (excludes halogenated alkanes) is 2. The maximum atomic E-state index is 12.4. The topological polar surface area (TPSA) is 109 Å². The number of hydrogen-bond acceptors (Lipinski definition) is 5. The summed E-state index contributed by atoms with van der Waals surface area (Å²) in [5.74, 6) is -0.445. The van der Waals surface area contributed by atoms with E-state index in [1.165, 1.54) is 0 Å². The third-order valence-corrected chi connectivity index (χ3v) is 4.83. The van der Waals surface area contributed by atoms with Gasteiger partial charge in [-0.05, 0) is 49.2 Å². The molecule has 0 bridgehead atoms. The van der Waals surface area contributed by atoms with Crippen molar-refractivity contribution >= 4 is 34.8 Å². The maximum absolute atomic E-state index is 12.4. The van der Waals surface area contributed by atoms with E-state index in [1.54, 1.807) is 55.6 Å². The molecule has 0 unspecified atom stereocenters. The molecule has 2 rings (SSSR count). The van der Waals surface area contributed by atoms with Gasteiger partial charge in [-0.3, -0.25) is 14.4 Å². The second-order valence-corrected chi connectivity index (χ2v) is 7.67. The summed E-state index contributed by atoms with van der Waals surface area (Å²) in [7, 11) is 1.62. The van der Waals surface area contributed by atoms with Gasteiger partial charge in [-0.1, -0.05) is 31.9 Å². The van der Waals surface area contributed by atoms with Crippen molar-refractivity contribution in [1.82, 2.24) is 5.32 Å². The Balaban J connectivity index is 1.82. The van der Waals surface area contributed by atoms with E-state index in [-0.39, 0.29) is 24.3 Å². The summed E-state index contributed by atoms with van der Waals surface area (Å²) in [6, 6.07) is 14.0. The van der Waals surface area contributed by atoms with Crippen LogP contribution < -0.4 is 21.3 Å². The molecule has 4 N–H and O–H groups in total. The Bertz CT molecular complexity index is 917. The fraction of sp³-hybridized carbons (Fsp3) is 0.400. The number of methoxy groups -OCH3 is 1. The minimum absolute atomic E-state index is 0.0313. The molecule has 0 radical (unpaired) electrons. The van der Waals surface area contributed by atoms with Crippen molar-refractivity contribution in [2.24, 2.45) is 0 Å². The monoisotopic (exact) mass is 454 g/mol. The van der Waals surface area contributed by atoms with Crippen LogP contribution in [0.2, 0.25) is 0 Å². The third kappa shape index (κ3) is 10.2. The number of hydrogen-bond donors (Lipinski definition) is 4. The van der Waals surface area contributed by atoms with Crippen LogP contribution >= 0.6 is 0 Å². The predicted molar refractivity (Wildman–Crippen MR) is 132 cm³/mol. The van der Waals surface area contributed by atoms with Gasteiger partial charge in [0.15, 0.2) is 0 Å². The lowest BCUT2D eigenvalue weighted by Crippen LogP contribution is -2.25. The highest BCUT2D eigenvalue weighted by Crippen LogP contribution is 2.16. The Kier molecular flexibility index (Phi) is 11.5. The van der Waals surface area contributed by atoms with E-state index in [4.69, 9.17) is 4.74 Å². The minimum atomic E-state index is -0.240. The third-order valence-electron chi connectivity index (χ3n) is 4.83. The smallest absolute Gasteiger partial charge is 0.251 e. The predicted octanol–water partition coefficient (Wildman–Crippen LogP) is 4.02. The van der Waals surface area contributed by atoms with Crippen LogP contribution in [0.4, 0.5) is 17.1 Å². The Morgan fingerprint density at radius 1 is 0.848 bits per heavy atom. The maximum Gasteiger partial charge on any atom is 0.251 e. The van der Waals surface area contributed by atoms with Gasteiger partial charge >= 0.3 is 0 Å². The van der Waals surface area contributed by atoms with Crippen molar-refractivity contribution in [3.05, 3.63) is 54.1 Å². The van der Waals surface area contributed by atoms with Crippen molar-refractivity contribution in [3.63, 3.8) is 0 Å². The molecular weight excluding hydrogens is 420 g/mol. The van der Waals surface area contributed by atoms with Crippen LogP contribution in [0.3, 0.4) is 0 Å². The molecule has 0 spiro atoms. The van der Waals surface area contributed by atoms with E-state index in [1.807, 2.05) is 0 Å². The first-order valence-corrected chi connectivity index (χ1v) is 11.3. The fourth-order valence-electron chi connectivity index (χ4n) is 3.11. The van der Waals surface area contributed by atoms with Crippen LogP contribution in [0.5, 0.6) is 0 Å². The van der Waals surface area contributed by atoms with Crippen molar-refractivity contribution in [2.45, 2.75) is 39.0 Å². The van der Waals surface area contributed by atoms with Crippen LogP contribution in [0.15, 0.2) is 48.5 Å². The summed E-state index contributed by atoms with van der Waals surface area (Å²) in [5, 5.41) is 11.5. The molecule has 0 aromatic heterocycles. The Morgan fingerprint density at radius 2 is 1.55 bits per heavy atom. The Hall–Kier alpha value is -3.39. The number of nitrogens with one attached hydrogen (secondary N) is 4. The van der Waals surface area contributed by atoms with Gasteiger partial charge in [0, 0.05) is 49.3 Å². The first kappa shape index (κ1) is 25.9. The van der Waals surface area contributed by atoms with Crippen molar-refractivity contribution in [3.8, 4) is 0 Å². The summed E-state index contributed by atoms with van der Waals surface area (Å²) in [6.07, 6.45) is 4.18. The van der Waals surface area contributed by atoms with Crippen molar-refractivity contribution < 1.29 is 19.1 Å². The number of carbonyl (C=O) groups excluding carboxylic acids is 3. The molecule has 0 saturated carbocycles. The molecule has 0 aliphatic heterocycles. The lowest BCUT2D eigenvalue weighted by molar-refractivity contribution is -0.116. The molecule has 8 heteroatoms. The molecule has 8 nitrogen and oxygen atoms in total. The normalized spacial score (nSPS) is 10.4. The number of anilines is 3. The van der Waals surface area contributed by atoms with E-state index < -0.39 is 0 Å². The molecule has 3 amide bonds. The second-order valence-electron chi connectivity index (χ2n) is 7.67. The molecular formula is C25H34N4O4. The number of benzene rings is 2. The van der Waals surface area contributed by atoms with Gasteiger partial charge in [0.25, 0.3) is 5.91 Å². The Labute approximate surface area is 195 Å². The molecule has 0 saturated heterocycles. The zero-order valence-corrected chi connectivity index (χ0v) is 19.4. The first-order chi connectivity index (χ1) is 16.0. The zero-order chi connectivity index (χ0) is 23.9. The van der Waals surface area contributed by atoms with E-state index in [9.17, 15) is 14.4 Å². The number of ether oxygens (including phenoxy) is 1. The summed E-state index contributed by atoms with van der Waals surface area (Å²) < 4.78 is 4.97. The van der Waals surface area contributed by atoms with E-state index in [0.29, 0.717) is 42.2 Å². The molecule has 33 heavy (non-hydrogen) atoms. The van der Waals surface area contributed by atoms with Gasteiger partial charge in [0.05, 0.1) is 6.54 Å². The molecule has 0 heterocycles. The standard InChI is InChI=1S/C25H34N4O4/c1-3-4-5-13-23(30)28-21-11-7-12-22(17-21)29-24(31)18-27-20-10-6-9-19(16-20)25(32)26-14-8-15-33-2/h6-7,9-12,16-17,27H,3-5,8,13-15,18H2,1-2H3,(H,26,32)(H,28,30)(H,29,31). The summed E-state index contributed by atoms with van der Waals surface area (Å²) >= 11 is 0. The molecule has 0 aliphatic rings. The van der Waals surface area contributed by atoms with Gasteiger partial charge in [-0.25, -0.2) is 0 Å². The molecule has 2 aromatic carbocycles. The summed E-state index contributed by atoms with van der Waals surface area (Å²) in [6.45, 7) is 3.25. The molecule has 0 fully saturated rings. The quantitative estimate of drug-likeness (QED) is 0.323. The van der Waals surface area contributed by atoms with Gasteiger partial charge in [0.1, 0.15) is 0 Å². The lowest BCUT2D eigenvalue weighted by Gasteiger charge is -2.11. The largest absolute Gasteiger partial charge is 0.385 e. The van der Waals surface area contributed by atoms with Crippen LogP contribution in [0.25, 0.3) is 0 Å². The number of carbonyl (C=O) groups is 3. The van der Waals surface area contributed by atoms with E-state index in [0.717, 1.165) is 25.7 Å². The summed E-state index contributed by atoms with van der Waals surface area (Å²) in [5.41, 5.74) is 2.42. The summed E-state index contributed by atoms with van der Waals surface area (Å²) in [4.78, 5) is 36.6. The van der Waals surface area contributed by atoms with E-state index >= 15 is 0 Å². The number of rotatable bonds is 14. The molecule has 2 aromatic rings. The van der Waals surface area contributed by atoms with Crippen LogP contribution in [-0.4, -0.2) is 44.5 Å².